The van der Waals surface area contributed by atoms with Crippen molar-refractivity contribution in [2.75, 3.05) is 21.3 Å². The minimum Gasteiger partial charge on any atom is -0.493 e. The molecule has 0 radical (unpaired) electrons. The van der Waals surface area contributed by atoms with Crippen molar-refractivity contribution in [1.29, 1.82) is 0 Å². The first kappa shape index (κ1) is 21.7. The first-order valence-corrected chi connectivity index (χ1v) is 9.54. The van der Waals surface area contributed by atoms with E-state index in [-0.39, 0.29) is 0 Å². The molecular weight excluding hydrogens is 396 g/mol. The first-order chi connectivity index (χ1) is 15.1. The summed E-state index contributed by atoms with van der Waals surface area (Å²) in [4.78, 5) is 12.5. The maximum absolute atomic E-state index is 12.5. The number of hydrogen-bond donors (Lipinski definition) is 1. The molecule has 0 aliphatic heterocycles. The second kappa shape index (κ2) is 10.7. The summed E-state index contributed by atoms with van der Waals surface area (Å²) in [6.45, 7) is 0.472. The van der Waals surface area contributed by atoms with Crippen LogP contribution in [0.1, 0.15) is 21.5 Å². The number of nitrogens with zero attached hydrogens (tertiary/aromatic N) is 1. The first-order valence-electron chi connectivity index (χ1n) is 9.54. The van der Waals surface area contributed by atoms with E-state index < -0.39 is 5.91 Å². The molecule has 7 heteroatoms. The van der Waals surface area contributed by atoms with Crippen molar-refractivity contribution in [1.82, 2.24) is 5.43 Å². The highest BCUT2D eigenvalue weighted by atomic mass is 16.5. The molecule has 0 aliphatic rings. The molecule has 0 aliphatic carbocycles. The van der Waals surface area contributed by atoms with E-state index in [2.05, 4.69) is 10.5 Å². The molecule has 0 saturated carbocycles. The van der Waals surface area contributed by atoms with Crippen molar-refractivity contribution in [3.63, 3.8) is 0 Å². The zero-order chi connectivity index (χ0) is 22.1. The summed E-state index contributed by atoms with van der Waals surface area (Å²) >= 11 is 0. The lowest BCUT2D eigenvalue weighted by Crippen LogP contribution is -2.18. The van der Waals surface area contributed by atoms with E-state index in [9.17, 15) is 4.79 Å². The summed E-state index contributed by atoms with van der Waals surface area (Å²) in [5, 5.41) is 4.04. The van der Waals surface area contributed by atoms with Gasteiger partial charge in [0.15, 0.2) is 11.5 Å². The Bertz CT molecular complexity index is 1030. The number of ether oxygens (including phenoxy) is 4. The third-order valence-electron chi connectivity index (χ3n) is 4.41. The molecule has 0 atom stereocenters. The molecule has 160 valence electrons. The molecule has 1 N–H and O–H groups in total. The van der Waals surface area contributed by atoms with Crippen molar-refractivity contribution in [2.24, 2.45) is 5.10 Å². The summed E-state index contributed by atoms with van der Waals surface area (Å²) in [5.41, 5.74) is 4.70. The third kappa shape index (κ3) is 5.76. The predicted molar refractivity (Wildman–Crippen MR) is 118 cm³/mol. The number of carbonyl (C=O) groups excluding carboxylic acids is 1. The fourth-order valence-electron chi connectivity index (χ4n) is 2.87. The number of carbonyl (C=O) groups is 1. The van der Waals surface area contributed by atoms with Crippen LogP contribution in [0.2, 0.25) is 0 Å². The van der Waals surface area contributed by atoms with Gasteiger partial charge in [0.2, 0.25) is 5.75 Å². The van der Waals surface area contributed by atoms with E-state index in [4.69, 9.17) is 18.9 Å². The average Bonchev–Trinajstić information content (AvgIpc) is 2.82. The van der Waals surface area contributed by atoms with Crippen LogP contribution in [0, 0.1) is 0 Å². The van der Waals surface area contributed by atoms with E-state index in [1.54, 1.807) is 18.3 Å². The molecule has 0 spiro atoms. The smallest absolute Gasteiger partial charge is 0.271 e. The van der Waals surface area contributed by atoms with Crippen molar-refractivity contribution in [2.45, 2.75) is 6.61 Å². The Balaban J connectivity index is 1.64. The van der Waals surface area contributed by atoms with Gasteiger partial charge in [-0.3, -0.25) is 4.79 Å². The lowest BCUT2D eigenvalue weighted by molar-refractivity contribution is 0.0954. The molecular formula is C24H24N2O5. The van der Waals surface area contributed by atoms with Crippen molar-refractivity contribution < 1.29 is 23.7 Å². The van der Waals surface area contributed by atoms with Crippen LogP contribution < -0.4 is 24.4 Å². The Morgan fingerprint density at radius 1 is 0.903 bits per heavy atom. The average molecular weight is 420 g/mol. The standard InChI is InChI=1S/C24H24N2O5/c1-28-21-13-19(14-22(29-2)23(21)30-3)24(27)26-25-15-18-10-7-11-20(12-18)31-16-17-8-5-4-6-9-17/h4-15H,16H2,1-3H3,(H,26,27)/b25-15+. The molecule has 3 aromatic rings. The third-order valence-corrected chi connectivity index (χ3v) is 4.41. The number of hydrogen-bond acceptors (Lipinski definition) is 6. The van der Waals surface area contributed by atoms with Crippen LogP contribution in [-0.4, -0.2) is 33.5 Å². The van der Waals surface area contributed by atoms with E-state index in [0.717, 1.165) is 11.1 Å². The maximum Gasteiger partial charge on any atom is 0.271 e. The van der Waals surface area contributed by atoms with Crippen molar-refractivity contribution in [3.05, 3.63) is 83.4 Å². The molecule has 0 unspecified atom stereocenters. The number of rotatable bonds is 9. The van der Waals surface area contributed by atoms with Crippen LogP contribution in [0.5, 0.6) is 23.0 Å². The van der Waals surface area contributed by atoms with Gasteiger partial charge in [-0.15, -0.1) is 0 Å². The molecule has 1 amide bonds. The Morgan fingerprint density at radius 2 is 1.61 bits per heavy atom. The van der Waals surface area contributed by atoms with Gasteiger partial charge in [-0.25, -0.2) is 5.43 Å². The normalized spacial score (nSPS) is 10.5. The van der Waals surface area contributed by atoms with Crippen LogP contribution in [-0.2, 0) is 6.61 Å². The van der Waals surface area contributed by atoms with Gasteiger partial charge in [-0.05, 0) is 35.4 Å². The Kier molecular flexibility index (Phi) is 7.48. The van der Waals surface area contributed by atoms with Crippen LogP contribution >= 0.6 is 0 Å². The molecule has 3 aromatic carbocycles. The molecule has 0 heterocycles. The van der Waals surface area contributed by atoms with Gasteiger partial charge in [-0.1, -0.05) is 42.5 Å². The summed E-state index contributed by atoms with van der Waals surface area (Å²) in [7, 11) is 4.48. The van der Waals surface area contributed by atoms with Gasteiger partial charge in [0.1, 0.15) is 12.4 Å². The number of amides is 1. The van der Waals surface area contributed by atoms with Crippen molar-refractivity contribution in [3.8, 4) is 23.0 Å². The van der Waals surface area contributed by atoms with Gasteiger partial charge >= 0.3 is 0 Å². The molecule has 7 nitrogen and oxygen atoms in total. The zero-order valence-corrected chi connectivity index (χ0v) is 17.6. The molecule has 0 bridgehead atoms. The highest BCUT2D eigenvalue weighted by Crippen LogP contribution is 2.38. The largest absolute Gasteiger partial charge is 0.493 e. The summed E-state index contributed by atoms with van der Waals surface area (Å²) in [5.74, 6) is 1.49. The van der Waals surface area contributed by atoms with Crippen LogP contribution in [0.4, 0.5) is 0 Å². The quantitative estimate of drug-likeness (QED) is 0.417. The maximum atomic E-state index is 12.5. The lowest BCUT2D eigenvalue weighted by Gasteiger charge is -2.13. The Hall–Kier alpha value is -4.00. The SMILES string of the molecule is COc1cc(C(=O)N/N=C/c2cccc(OCc3ccccc3)c2)cc(OC)c1OC. The predicted octanol–water partition coefficient (Wildman–Crippen LogP) is 4.06. The van der Waals surface area contributed by atoms with Gasteiger partial charge in [0.05, 0.1) is 27.5 Å². The van der Waals surface area contributed by atoms with Gasteiger partial charge in [-0.2, -0.15) is 5.10 Å². The molecule has 0 saturated heterocycles. The van der Waals surface area contributed by atoms with Crippen LogP contribution in [0.3, 0.4) is 0 Å². The second-order valence-corrected chi connectivity index (χ2v) is 6.46. The zero-order valence-electron chi connectivity index (χ0n) is 17.6. The summed E-state index contributed by atoms with van der Waals surface area (Å²) in [6, 6.07) is 20.5. The molecule has 0 fully saturated rings. The lowest BCUT2D eigenvalue weighted by atomic mass is 10.1. The van der Waals surface area contributed by atoms with Crippen LogP contribution in [0.15, 0.2) is 71.8 Å². The molecule has 3 rings (SSSR count). The Labute approximate surface area is 181 Å². The minimum absolute atomic E-state index is 0.326. The second-order valence-electron chi connectivity index (χ2n) is 6.46. The monoisotopic (exact) mass is 420 g/mol. The topological polar surface area (TPSA) is 78.4 Å². The van der Waals surface area contributed by atoms with Crippen LogP contribution in [0.25, 0.3) is 0 Å². The van der Waals surface area contributed by atoms with Gasteiger partial charge in [0, 0.05) is 5.56 Å². The number of nitrogens with one attached hydrogen (secondary N) is 1. The molecule has 0 aromatic heterocycles. The van der Waals surface area contributed by atoms with Gasteiger partial charge in [0.25, 0.3) is 5.91 Å². The number of benzene rings is 3. The highest BCUT2D eigenvalue weighted by molar-refractivity contribution is 5.96. The number of methoxy groups -OCH3 is 3. The van der Waals surface area contributed by atoms with Crippen molar-refractivity contribution >= 4 is 12.1 Å². The fourth-order valence-corrected chi connectivity index (χ4v) is 2.87. The summed E-state index contributed by atoms with van der Waals surface area (Å²) < 4.78 is 21.6. The fraction of sp³-hybridized carbons (Fsp3) is 0.167. The van der Waals surface area contributed by atoms with E-state index >= 15 is 0 Å². The Morgan fingerprint density at radius 3 is 2.26 bits per heavy atom. The van der Waals surface area contributed by atoms with E-state index in [0.29, 0.717) is 35.2 Å². The van der Waals surface area contributed by atoms with E-state index in [1.807, 2.05) is 54.6 Å². The minimum atomic E-state index is -0.410. The number of hydrazone groups is 1. The molecule has 31 heavy (non-hydrogen) atoms. The van der Waals surface area contributed by atoms with Gasteiger partial charge < -0.3 is 18.9 Å². The summed E-state index contributed by atoms with van der Waals surface area (Å²) in [6.07, 6.45) is 1.55. The van der Waals surface area contributed by atoms with E-state index in [1.165, 1.54) is 21.3 Å². The highest BCUT2D eigenvalue weighted by Gasteiger charge is 2.16.